The van der Waals surface area contributed by atoms with Gasteiger partial charge in [0, 0.05) is 7.11 Å². The molecule has 0 spiro atoms. The van der Waals surface area contributed by atoms with Crippen molar-refractivity contribution in [3.8, 4) is 0 Å². The van der Waals surface area contributed by atoms with E-state index < -0.39 is 0 Å². The van der Waals surface area contributed by atoms with Crippen LogP contribution < -0.4 is 0 Å². The van der Waals surface area contributed by atoms with Crippen LogP contribution in [0.5, 0.6) is 0 Å². The van der Waals surface area contributed by atoms with Crippen LogP contribution in [0, 0.1) is 0 Å². The molecule has 0 heterocycles. The van der Waals surface area contributed by atoms with Gasteiger partial charge in [-0.15, -0.1) is 0 Å². The van der Waals surface area contributed by atoms with Gasteiger partial charge in [0.05, 0.1) is 6.10 Å². The molecule has 0 aromatic heterocycles. The van der Waals surface area contributed by atoms with Crippen LogP contribution in [-0.4, -0.2) is 37.7 Å². The molecule has 0 N–H and O–H groups in total. The van der Waals surface area contributed by atoms with Crippen molar-refractivity contribution in [1.82, 2.24) is 4.90 Å². The van der Waals surface area contributed by atoms with Gasteiger partial charge in [0.15, 0.2) is 0 Å². The summed E-state index contributed by atoms with van der Waals surface area (Å²) in [6.45, 7) is 10.3. The standard InChI is InChI=1S/C13H29NO/c1-5-8-10-13(15-4)11-9-12-14(6-2)7-3/h13H,5-12H2,1-4H3/t13-/m0/s1. The molecule has 0 fully saturated rings. The molecular formula is C13H29NO. The molecular weight excluding hydrogens is 186 g/mol. The molecule has 0 aliphatic carbocycles. The number of hydrogen-bond acceptors (Lipinski definition) is 2. The van der Waals surface area contributed by atoms with Crippen molar-refractivity contribution in [2.24, 2.45) is 0 Å². The highest BCUT2D eigenvalue weighted by Crippen LogP contribution is 2.10. The summed E-state index contributed by atoms with van der Waals surface area (Å²) in [5.41, 5.74) is 0. The first-order valence-electron chi connectivity index (χ1n) is 6.53. The number of methoxy groups -OCH3 is 1. The second kappa shape index (κ2) is 10.4. The fraction of sp³-hybridized carbons (Fsp3) is 1.00. The molecule has 0 aliphatic rings. The lowest BCUT2D eigenvalue weighted by molar-refractivity contribution is 0.0813. The van der Waals surface area contributed by atoms with Gasteiger partial charge >= 0.3 is 0 Å². The minimum absolute atomic E-state index is 0.487. The van der Waals surface area contributed by atoms with E-state index in [1.54, 1.807) is 0 Å². The molecule has 0 aromatic rings. The third kappa shape index (κ3) is 7.80. The van der Waals surface area contributed by atoms with Crippen molar-refractivity contribution in [2.75, 3.05) is 26.7 Å². The molecule has 0 unspecified atom stereocenters. The third-order valence-corrected chi connectivity index (χ3v) is 3.11. The van der Waals surface area contributed by atoms with E-state index in [9.17, 15) is 0 Å². The normalized spacial score (nSPS) is 13.4. The van der Waals surface area contributed by atoms with Gasteiger partial charge in [-0.1, -0.05) is 33.6 Å². The Balaban J connectivity index is 3.52. The molecule has 1 atom stereocenters. The molecule has 0 bridgehead atoms. The monoisotopic (exact) mass is 215 g/mol. The molecule has 2 heteroatoms. The minimum atomic E-state index is 0.487. The average molecular weight is 215 g/mol. The van der Waals surface area contributed by atoms with E-state index in [0.717, 1.165) is 0 Å². The maximum Gasteiger partial charge on any atom is 0.0571 e. The Morgan fingerprint density at radius 2 is 1.60 bits per heavy atom. The summed E-state index contributed by atoms with van der Waals surface area (Å²) >= 11 is 0. The predicted molar refractivity (Wildman–Crippen MR) is 67.3 cm³/mol. The van der Waals surface area contributed by atoms with Crippen molar-refractivity contribution in [1.29, 1.82) is 0 Å². The van der Waals surface area contributed by atoms with Crippen molar-refractivity contribution in [3.05, 3.63) is 0 Å². The molecule has 2 nitrogen and oxygen atoms in total. The van der Waals surface area contributed by atoms with E-state index in [-0.39, 0.29) is 0 Å². The summed E-state index contributed by atoms with van der Waals surface area (Å²) in [5, 5.41) is 0. The van der Waals surface area contributed by atoms with Crippen LogP contribution in [0.25, 0.3) is 0 Å². The van der Waals surface area contributed by atoms with Gasteiger partial charge in [-0.2, -0.15) is 0 Å². The summed E-state index contributed by atoms with van der Waals surface area (Å²) in [4.78, 5) is 2.48. The summed E-state index contributed by atoms with van der Waals surface area (Å²) in [7, 11) is 1.84. The maximum absolute atomic E-state index is 5.48. The van der Waals surface area contributed by atoms with E-state index in [1.807, 2.05) is 7.11 Å². The number of nitrogens with zero attached hydrogens (tertiary/aromatic N) is 1. The molecule has 0 aromatic carbocycles. The van der Waals surface area contributed by atoms with Gasteiger partial charge in [-0.05, 0) is 38.9 Å². The Morgan fingerprint density at radius 3 is 2.07 bits per heavy atom. The maximum atomic E-state index is 5.48. The minimum Gasteiger partial charge on any atom is -0.381 e. The molecule has 0 rings (SSSR count). The number of ether oxygens (including phenoxy) is 1. The van der Waals surface area contributed by atoms with Crippen LogP contribution in [0.4, 0.5) is 0 Å². The van der Waals surface area contributed by atoms with Gasteiger partial charge < -0.3 is 9.64 Å². The number of hydrogen-bond donors (Lipinski definition) is 0. The summed E-state index contributed by atoms with van der Waals surface area (Å²) in [6, 6.07) is 0. The highest BCUT2D eigenvalue weighted by molar-refractivity contribution is 4.60. The quantitative estimate of drug-likeness (QED) is 0.554. The van der Waals surface area contributed by atoms with Crippen LogP contribution in [0.3, 0.4) is 0 Å². The van der Waals surface area contributed by atoms with Gasteiger partial charge in [0.2, 0.25) is 0 Å². The van der Waals surface area contributed by atoms with E-state index in [1.165, 1.54) is 51.7 Å². The number of rotatable bonds is 10. The van der Waals surface area contributed by atoms with Crippen LogP contribution >= 0.6 is 0 Å². The Hall–Kier alpha value is -0.0800. The summed E-state index contributed by atoms with van der Waals surface area (Å²) in [5.74, 6) is 0. The molecule has 92 valence electrons. The lowest BCUT2D eigenvalue weighted by atomic mass is 10.1. The Morgan fingerprint density at radius 1 is 1.00 bits per heavy atom. The Kier molecular flexibility index (Phi) is 10.4. The predicted octanol–water partition coefficient (Wildman–Crippen LogP) is 3.31. The highest BCUT2D eigenvalue weighted by atomic mass is 16.5. The zero-order chi connectivity index (χ0) is 11.5. The van der Waals surface area contributed by atoms with Gasteiger partial charge in [-0.3, -0.25) is 0 Å². The highest BCUT2D eigenvalue weighted by Gasteiger charge is 2.07. The van der Waals surface area contributed by atoms with E-state index in [0.29, 0.717) is 6.10 Å². The zero-order valence-electron chi connectivity index (χ0n) is 11.1. The summed E-state index contributed by atoms with van der Waals surface area (Å²) in [6.07, 6.45) is 6.77. The van der Waals surface area contributed by atoms with Crippen molar-refractivity contribution in [3.63, 3.8) is 0 Å². The number of unbranched alkanes of at least 4 members (excludes halogenated alkanes) is 1. The second-order valence-corrected chi connectivity index (χ2v) is 4.17. The zero-order valence-corrected chi connectivity index (χ0v) is 11.1. The molecule has 0 radical (unpaired) electrons. The van der Waals surface area contributed by atoms with Gasteiger partial charge in [-0.25, -0.2) is 0 Å². The van der Waals surface area contributed by atoms with Crippen LogP contribution in [0.1, 0.15) is 52.9 Å². The molecule has 0 amide bonds. The largest absolute Gasteiger partial charge is 0.381 e. The van der Waals surface area contributed by atoms with Crippen LogP contribution in [-0.2, 0) is 4.74 Å². The molecule has 0 saturated carbocycles. The van der Waals surface area contributed by atoms with E-state index in [4.69, 9.17) is 4.74 Å². The smallest absolute Gasteiger partial charge is 0.0571 e. The summed E-state index contributed by atoms with van der Waals surface area (Å²) < 4.78 is 5.48. The van der Waals surface area contributed by atoms with Crippen molar-refractivity contribution < 1.29 is 4.74 Å². The lowest BCUT2D eigenvalue weighted by Gasteiger charge is -2.20. The first kappa shape index (κ1) is 14.9. The van der Waals surface area contributed by atoms with Crippen molar-refractivity contribution >= 4 is 0 Å². The molecule has 0 aliphatic heterocycles. The van der Waals surface area contributed by atoms with Crippen molar-refractivity contribution in [2.45, 2.75) is 59.0 Å². The molecule has 15 heavy (non-hydrogen) atoms. The van der Waals surface area contributed by atoms with E-state index >= 15 is 0 Å². The molecule has 0 saturated heterocycles. The van der Waals surface area contributed by atoms with Crippen LogP contribution in [0.15, 0.2) is 0 Å². The first-order chi connectivity index (χ1) is 7.28. The average Bonchev–Trinajstić information content (AvgIpc) is 2.28. The first-order valence-corrected chi connectivity index (χ1v) is 6.53. The van der Waals surface area contributed by atoms with Gasteiger partial charge in [0.1, 0.15) is 0 Å². The SMILES string of the molecule is CCCC[C@@H](CCCN(CC)CC)OC. The lowest BCUT2D eigenvalue weighted by Crippen LogP contribution is -2.25. The van der Waals surface area contributed by atoms with Gasteiger partial charge in [0.25, 0.3) is 0 Å². The van der Waals surface area contributed by atoms with Crippen LogP contribution in [0.2, 0.25) is 0 Å². The second-order valence-electron chi connectivity index (χ2n) is 4.17. The topological polar surface area (TPSA) is 12.5 Å². The fourth-order valence-electron chi connectivity index (χ4n) is 1.89. The Bertz CT molecular complexity index is 124. The third-order valence-electron chi connectivity index (χ3n) is 3.11. The fourth-order valence-corrected chi connectivity index (χ4v) is 1.89. The Labute approximate surface area is 96.0 Å². The van der Waals surface area contributed by atoms with E-state index in [2.05, 4.69) is 25.7 Å².